The molecule has 3 N–H and O–H groups in total. The number of aromatic carboxylic acids is 1. The van der Waals surface area contributed by atoms with Gasteiger partial charge in [-0.15, -0.1) is 0 Å². The van der Waals surface area contributed by atoms with Crippen LogP contribution in [-0.2, 0) is 0 Å². The summed E-state index contributed by atoms with van der Waals surface area (Å²) in [5, 5.41) is 21.2. The van der Waals surface area contributed by atoms with Crippen LogP contribution in [0.3, 0.4) is 0 Å². The van der Waals surface area contributed by atoms with Crippen LogP contribution in [0.5, 0.6) is 5.75 Å². The smallest absolute Gasteiger partial charge is 0.339 e. The number of carboxylic acids is 1. The van der Waals surface area contributed by atoms with Crippen LogP contribution in [0.4, 0.5) is 11.4 Å². The first-order valence-corrected chi connectivity index (χ1v) is 8.82. The predicted molar refractivity (Wildman–Crippen MR) is 107 cm³/mol. The van der Waals surface area contributed by atoms with Crippen LogP contribution < -0.4 is 10.2 Å². The molecule has 8 heteroatoms. The van der Waals surface area contributed by atoms with E-state index in [1.165, 1.54) is 24.3 Å². The Labute approximate surface area is 170 Å². The number of carboxylic acid groups (broad SMARTS) is 1. The minimum absolute atomic E-state index is 0.161. The maximum atomic E-state index is 12.6. The van der Waals surface area contributed by atoms with E-state index in [1.54, 1.807) is 30.3 Å². The van der Waals surface area contributed by atoms with Crippen molar-refractivity contribution in [2.24, 2.45) is 0 Å². The molecule has 148 valence electrons. The Bertz CT molecular complexity index is 1200. The zero-order chi connectivity index (χ0) is 21.4. The van der Waals surface area contributed by atoms with Crippen LogP contribution >= 0.6 is 0 Å². The average molecular weight is 402 g/mol. The lowest BCUT2D eigenvalue weighted by atomic mass is 10.1. The van der Waals surface area contributed by atoms with Crippen LogP contribution in [-0.4, -0.2) is 33.9 Å². The number of carbonyl (C=O) groups is 4. The molecule has 0 unspecified atom stereocenters. The van der Waals surface area contributed by atoms with E-state index in [0.717, 1.165) is 17.0 Å². The Morgan fingerprint density at radius 2 is 1.50 bits per heavy atom. The van der Waals surface area contributed by atoms with Gasteiger partial charge in [-0.2, -0.15) is 0 Å². The number of phenols is 1. The van der Waals surface area contributed by atoms with Gasteiger partial charge in [0, 0.05) is 11.3 Å². The van der Waals surface area contributed by atoms with Crippen LogP contribution in [0.2, 0.25) is 0 Å². The van der Waals surface area contributed by atoms with E-state index in [0.29, 0.717) is 11.1 Å². The van der Waals surface area contributed by atoms with Crippen LogP contribution in [0, 0.1) is 0 Å². The quantitative estimate of drug-likeness (QED) is 0.455. The molecule has 0 fully saturated rings. The third kappa shape index (κ3) is 3.16. The third-order valence-corrected chi connectivity index (χ3v) is 4.65. The van der Waals surface area contributed by atoms with Crippen molar-refractivity contribution in [3.05, 3.63) is 89.0 Å². The number of aromatic hydroxyl groups is 1. The van der Waals surface area contributed by atoms with E-state index in [9.17, 15) is 24.3 Å². The molecule has 1 aliphatic rings. The highest BCUT2D eigenvalue weighted by Crippen LogP contribution is 2.29. The summed E-state index contributed by atoms with van der Waals surface area (Å²) < 4.78 is 0. The Kier molecular flexibility index (Phi) is 4.51. The van der Waals surface area contributed by atoms with Crippen LogP contribution in [0.15, 0.2) is 66.7 Å². The summed E-state index contributed by atoms with van der Waals surface area (Å²) >= 11 is 0. The number of hydrogen-bond donors (Lipinski definition) is 3. The summed E-state index contributed by atoms with van der Waals surface area (Å²) in [4.78, 5) is 50.0. The van der Waals surface area contributed by atoms with Crippen molar-refractivity contribution in [1.29, 1.82) is 0 Å². The van der Waals surface area contributed by atoms with Crippen molar-refractivity contribution in [3.63, 3.8) is 0 Å². The molecule has 1 heterocycles. The highest BCUT2D eigenvalue weighted by atomic mass is 16.4. The van der Waals surface area contributed by atoms with Crippen molar-refractivity contribution in [2.75, 3.05) is 10.2 Å². The average Bonchev–Trinajstić information content (AvgIpc) is 3.00. The standard InChI is InChI=1S/C22H14N2O6/c25-18-9-8-13(11-17(18)22(29)30)23-19(26)12-4-3-5-14(10-12)24-20(27)15-6-1-2-7-16(15)21(24)28/h1-11,25H,(H,23,26)(H,29,30). The maximum absolute atomic E-state index is 12.6. The minimum Gasteiger partial charge on any atom is -0.507 e. The van der Waals surface area contributed by atoms with Crippen molar-refractivity contribution >= 4 is 35.1 Å². The van der Waals surface area contributed by atoms with E-state index in [-0.39, 0.29) is 22.5 Å². The van der Waals surface area contributed by atoms with E-state index in [1.807, 2.05) is 0 Å². The van der Waals surface area contributed by atoms with Gasteiger partial charge in [-0.3, -0.25) is 14.4 Å². The third-order valence-electron chi connectivity index (χ3n) is 4.65. The second kappa shape index (κ2) is 7.17. The molecule has 3 aromatic carbocycles. The van der Waals surface area contributed by atoms with E-state index >= 15 is 0 Å². The van der Waals surface area contributed by atoms with Crippen LogP contribution in [0.25, 0.3) is 0 Å². The monoisotopic (exact) mass is 402 g/mol. The normalized spacial score (nSPS) is 12.6. The predicted octanol–water partition coefficient (Wildman–Crippen LogP) is 3.14. The molecule has 0 aliphatic carbocycles. The summed E-state index contributed by atoms with van der Waals surface area (Å²) in [7, 11) is 0. The number of rotatable bonds is 4. The first-order chi connectivity index (χ1) is 14.4. The van der Waals surface area contributed by atoms with Crippen LogP contribution in [0.1, 0.15) is 41.4 Å². The number of carbonyl (C=O) groups excluding carboxylic acids is 3. The summed E-state index contributed by atoms with van der Waals surface area (Å²) in [5.74, 6) is -3.28. The summed E-state index contributed by atoms with van der Waals surface area (Å²) in [6.45, 7) is 0. The molecule has 0 radical (unpaired) electrons. The topological polar surface area (TPSA) is 124 Å². The number of nitrogens with one attached hydrogen (secondary N) is 1. The number of nitrogens with zero attached hydrogens (tertiary/aromatic N) is 1. The Morgan fingerprint density at radius 1 is 0.833 bits per heavy atom. The number of amides is 3. The molecule has 0 aromatic heterocycles. The zero-order valence-corrected chi connectivity index (χ0v) is 15.3. The van der Waals surface area contributed by atoms with E-state index < -0.39 is 29.4 Å². The molecular formula is C22H14N2O6. The Hall–Kier alpha value is -4.46. The molecule has 4 rings (SSSR count). The van der Waals surface area contributed by atoms with Gasteiger partial charge >= 0.3 is 5.97 Å². The van der Waals surface area contributed by atoms with Gasteiger partial charge in [-0.05, 0) is 48.5 Å². The maximum Gasteiger partial charge on any atom is 0.339 e. The lowest BCUT2D eigenvalue weighted by Crippen LogP contribution is -2.29. The molecule has 0 atom stereocenters. The molecule has 0 saturated carbocycles. The van der Waals surface area contributed by atoms with E-state index in [2.05, 4.69) is 5.32 Å². The van der Waals surface area contributed by atoms with E-state index in [4.69, 9.17) is 5.11 Å². The fourth-order valence-corrected chi connectivity index (χ4v) is 3.20. The number of fused-ring (bicyclic) bond motifs is 1. The molecular weight excluding hydrogens is 388 g/mol. The van der Waals surface area contributed by atoms with Crippen molar-refractivity contribution < 1.29 is 29.4 Å². The Morgan fingerprint density at radius 3 is 2.13 bits per heavy atom. The lowest BCUT2D eigenvalue weighted by Gasteiger charge is -2.15. The SMILES string of the molecule is O=C(Nc1ccc(O)c(C(=O)O)c1)c1cccc(N2C(=O)c3ccccc3C2=O)c1. The largest absolute Gasteiger partial charge is 0.507 e. The first-order valence-electron chi connectivity index (χ1n) is 8.82. The molecule has 3 aromatic rings. The van der Waals surface area contributed by atoms with Gasteiger partial charge in [0.05, 0.1) is 16.8 Å². The van der Waals surface area contributed by atoms with Crippen molar-refractivity contribution in [3.8, 4) is 5.75 Å². The number of benzene rings is 3. The van der Waals surface area contributed by atoms with Gasteiger partial charge in [0.1, 0.15) is 11.3 Å². The van der Waals surface area contributed by atoms with Gasteiger partial charge in [-0.25, -0.2) is 9.69 Å². The Balaban J connectivity index is 1.61. The molecule has 1 aliphatic heterocycles. The minimum atomic E-state index is -1.34. The zero-order valence-electron chi connectivity index (χ0n) is 15.3. The number of imide groups is 1. The summed E-state index contributed by atoms with van der Waals surface area (Å²) in [6, 6.07) is 16.1. The van der Waals surface area contributed by atoms with Gasteiger partial charge < -0.3 is 15.5 Å². The molecule has 0 spiro atoms. The molecule has 0 saturated heterocycles. The number of hydrogen-bond acceptors (Lipinski definition) is 5. The second-order valence-electron chi connectivity index (χ2n) is 6.53. The molecule has 0 bridgehead atoms. The molecule has 3 amide bonds. The van der Waals surface area contributed by atoms with Gasteiger partial charge in [0.15, 0.2) is 0 Å². The molecule has 30 heavy (non-hydrogen) atoms. The highest BCUT2D eigenvalue weighted by Gasteiger charge is 2.36. The van der Waals surface area contributed by atoms with Gasteiger partial charge in [0.25, 0.3) is 17.7 Å². The highest BCUT2D eigenvalue weighted by molar-refractivity contribution is 6.34. The summed E-state index contributed by atoms with van der Waals surface area (Å²) in [6.07, 6.45) is 0. The second-order valence-corrected chi connectivity index (χ2v) is 6.53. The van der Waals surface area contributed by atoms with Crippen molar-refractivity contribution in [2.45, 2.75) is 0 Å². The molecule has 8 nitrogen and oxygen atoms in total. The lowest BCUT2D eigenvalue weighted by molar-refractivity contribution is 0.0692. The summed E-state index contributed by atoms with van der Waals surface area (Å²) in [5.41, 5.74) is 0.805. The van der Waals surface area contributed by atoms with Crippen molar-refractivity contribution in [1.82, 2.24) is 0 Å². The first kappa shape index (κ1) is 18.9. The number of anilines is 2. The fraction of sp³-hybridized carbons (Fsp3) is 0. The van der Waals surface area contributed by atoms with Gasteiger partial charge in [0.2, 0.25) is 0 Å². The fourth-order valence-electron chi connectivity index (χ4n) is 3.20. The van der Waals surface area contributed by atoms with Gasteiger partial charge in [-0.1, -0.05) is 18.2 Å².